The molecule has 1 aromatic carbocycles. The van der Waals surface area contributed by atoms with Crippen LogP contribution in [0.5, 0.6) is 0 Å². The van der Waals surface area contributed by atoms with Gasteiger partial charge >= 0.3 is 6.18 Å². The maximum atomic E-state index is 13.0. The van der Waals surface area contributed by atoms with Gasteiger partial charge in [-0.1, -0.05) is 17.9 Å². The fourth-order valence-corrected chi connectivity index (χ4v) is 7.10. The molecule has 1 saturated heterocycles. The predicted octanol–water partition coefficient (Wildman–Crippen LogP) is 1.98. The lowest BCUT2D eigenvalue weighted by Crippen LogP contribution is -2.52. The van der Waals surface area contributed by atoms with Crippen molar-refractivity contribution in [2.75, 3.05) is 32.8 Å². The molecule has 0 unspecified atom stereocenters. The number of nitrogens with one attached hydrogen (secondary N) is 1. The average Bonchev–Trinajstić information content (AvgIpc) is 3.08. The number of hydrogen-bond donors (Lipinski definition) is 2. The zero-order valence-corrected chi connectivity index (χ0v) is 18.6. The van der Waals surface area contributed by atoms with Crippen molar-refractivity contribution < 1.29 is 26.3 Å². The van der Waals surface area contributed by atoms with Gasteiger partial charge in [0.15, 0.2) is 0 Å². The zero-order valence-electron chi connectivity index (χ0n) is 17.7. The van der Waals surface area contributed by atoms with Crippen molar-refractivity contribution in [2.45, 2.75) is 43.8 Å². The van der Waals surface area contributed by atoms with Gasteiger partial charge in [-0.15, -0.1) is 0 Å². The highest BCUT2D eigenvalue weighted by molar-refractivity contribution is 7.87. The number of fused-ring (bicyclic) bond motifs is 1. The van der Waals surface area contributed by atoms with E-state index in [1.54, 1.807) is 0 Å². The van der Waals surface area contributed by atoms with Crippen LogP contribution < -0.4 is 10.5 Å². The summed E-state index contributed by atoms with van der Waals surface area (Å²) in [6.45, 7) is -0.0736. The molecule has 0 radical (unpaired) electrons. The molecule has 2 fully saturated rings. The van der Waals surface area contributed by atoms with Crippen LogP contribution >= 0.6 is 0 Å². The molecule has 3 aliphatic rings. The van der Waals surface area contributed by atoms with Crippen LogP contribution in [0.3, 0.4) is 0 Å². The van der Waals surface area contributed by atoms with Gasteiger partial charge < -0.3 is 10.5 Å². The molecule has 0 aromatic heterocycles. The molecule has 3 N–H and O–H groups in total. The lowest BCUT2D eigenvalue weighted by Gasteiger charge is -2.33. The number of benzene rings is 1. The Morgan fingerprint density at radius 1 is 1.19 bits per heavy atom. The third kappa shape index (κ3) is 4.82. The fraction of sp³-hybridized carbons (Fsp3) is 0.636. The molecule has 6 nitrogen and oxygen atoms in total. The van der Waals surface area contributed by atoms with Crippen molar-refractivity contribution in [2.24, 2.45) is 17.6 Å². The number of nitrogens with zero attached hydrogens (tertiary/aromatic N) is 1. The summed E-state index contributed by atoms with van der Waals surface area (Å²) in [4.78, 5) is 0. The minimum absolute atomic E-state index is 0.0293. The van der Waals surface area contributed by atoms with Crippen LogP contribution in [0.25, 0.3) is 0 Å². The van der Waals surface area contributed by atoms with Gasteiger partial charge in [-0.2, -0.15) is 30.6 Å². The monoisotopic (exact) mass is 471 g/mol. The zero-order chi connectivity index (χ0) is 23.0. The van der Waals surface area contributed by atoms with E-state index in [1.807, 2.05) is 18.2 Å². The van der Waals surface area contributed by atoms with E-state index in [0.29, 0.717) is 43.3 Å². The summed E-state index contributed by atoms with van der Waals surface area (Å²) in [5, 5.41) is 0. The Morgan fingerprint density at radius 3 is 2.59 bits per heavy atom. The first-order chi connectivity index (χ1) is 15.1. The van der Waals surface area contributed by atoms with Crippen molar-refractivity contribution in [3.63, 3.8) is 0 Å². The smallest absolute Gasteiger partial charge is 0.379 e. The summed E-state index contributed by atoms with van der Waals surface area (Å²) in [5.74, 6) is 6.14. The minimum atomic E-state index is -4.57. The average molecular weight is 472 g/mol. The molecule has 2 bridgehead atoms. The highest BCUT2D eigenvalue weighted by Crippen LogP contribution is 2.50. The normalized spacial score (nSPS) is 28.9. The Morgan fingerprint density at radius 2 is 1.91 bits per heavy atom. The Bertz CT molecular complexity index is 1020. The molecule has 1 aromatic rings. The molecule has 4 rings (SSSR count). The summed E-state index contributed by atoms with van der Waals surface area (Å²) in [6, 6.07) is 6.01. The van der Waals surface area contributed by atoms with E-state index in [2.05, 4.69) is 16.6 Å². The highest BCUT2D eigenvalue weighted by atomic mass is 32.2. The number of alkyl halides is 3. The molecule has 32 heavy (non-hydrogen) atoms. The largest absolute Gasteiger partial charge is 0.402 e. The summed E-state index contributed by atoms with van der Waals surface area (Å²) >= 11 is 0. The first-order valence-electron chi connectivity index (χ1n) is 10.9. The number of hydrogen-bond acceptors (Lipinski definition) is 4. The topological polar surface area (TPSA) is 84.7 Å². The van der Waals surface area contributed by atoms with E-state index in [9.17, 15) is 21.6 Å². The van der Waals surface area contributed by atoms with Crippen molar-refractivity contribution in [3.05, 3.63) is 34.9 Å². The molecule has 176 valence electrons. The number of nitrogens with two attached hydrogens (primary N) is 1. The van der Waals surface area contributed by atoms with E-state index in [-0.39, 0.29) is 18.4 Å². The van der Waals surface area contributed by atoms with E-state index < -0.39 is 28.5 Å². The number of ether oxygens (including phenoxy) is 1. The summed E-state index contributed by atoms with van der Waals surface area (Å²) in [7, 11) is -4.17. The molecule has 1 spiro atoms. The van der Waals surface area contributed by atoms with Gasteiger partial charge in [0.1, 0.15) is 6.54 Å². The molecule has 1 heterocycles. The summed E-state index contributed by atoms with van der Waals surface area (Å²) < 4.78 is 72.6. The second-order valence-corrected chi connectivity index (χ2v) is 10.5. The van der Waals surface area contributed by atoms with E-state index in [4.69, 9.17) is 10.5 Å². The van der Waals surface area contributed by atoms with Crippen LogP contribution in [0.4, 0.5) is 13.2 Å². The SMILES string of the molecule is NCCOCCC#Cc1ccc2c(c1)C[C@H]1CC[C@@H](C2)[C@]12CN(CC(F)(F)F)S(=O)(=O)N2. The second kappa shape index (κ2) is 8.95. The van der Waals surface area contributed by atoms with Gasteiger partial charge in [-0.25, -0.2) is 0 Å². The van der Waals surface area contributed by atoms with E-state index in [1.165, 1.54) is 0 Å². The quantitative estimate of drug-likeness (QED) is 0.508. The maximum absolute atomic E-state index is 13.0. The lowest BCUT2D eigenvalue weighted by molar-refractivity contribution is -0.136. The standard InChI is InChI=1S/C22H28F3N3O3S/c23-22(24,25)15-28-14-21(27-32(28,29)30)19-6-7-20(21)13-18-11-16(4-5-17(18)12-19)3-1-2-9-31-10-8-26/h4-5,11,19-20,27H,2,6-10,12-15,26H2/t19-,20+,21+/m0/s1. The van der Waals surface area contributed by atoms with Gasteiger partial charge in [0, 0.05) is 25.1 Å². The van der Waals surface area contributed by atoms with Gasteiger partial charge in [0.25, 0.3) is 10.2 Å². The Labute approximate surface area is 186 Å². The molecule has 2 aliphatic carbocycles. The Balaban J connectivity index is 1.52. The molecular formula is C22H28F3N3O3S. The third-order valence-electron chi connectivity index (χ3n) is 6.78. The lowest BCUT2D eigenvalue weighted by atomic mass is 9.79. The molecule has 0 amide bonds. The van der Waals surface area contributed by atoms with Crippen molar-refractivity contribution >= 4 is 10.2 Å². The van der Waals surface area contributed by atoms with Crippen molar-refractivity contribution in [1.29, 1.82) is 0 Å². The molecular weight excluding hydrogens is 443 g/mol. The summed E-state index contributed by atoms with van der Waals surface area (Å²) in [5.41, 5.74) is 7.64. The van der Waals surface area contributed by atoms with Crippen molar-refractivity contribution in [3.8, 4) is 11.8 Å². The first kappa shape index (κ1) is 23.5. The van der Waals surface area contributed by atoms with Crippen LogP contribution in [-0.4, -0.2) is 57.3 Å². The van der Waals surface area contributed by atoms with Crippen LogP contribution in [0, 0.1) is 23.7 Å². The molecule has 3 atom stereocenters. The van der Waals surface area contributed by atoms with Crippen LogP contribution in [0.1, 0.15) is 36.0 Å². The van der Waals surface area contributed by atoms with Crippen LogP contribution in [0.2, 0.25) is 0 Å². The Hall–Kier alpha value is -1.64. The molecule has 1 aliphatic heterocycles. The van der Waals surface area contributed by atoms with Gasteiger partial charge in [-0.3, -0.25) is 0 Å². The first-order valence-corrected chi connectivity index (χ1v) is 12.3. The number of halogens is 3. The second-order valence-electron chi connectivity index (χ2n) is 8.85. The van der Waals surface area contributed by atoms with Crippen LogP contribution in [-0.2, 0) is 27.8 Å². The minimum Gasteiger partial charge on any atom is -0.379 e. The highest BCUT2D eigenvalue weighted by Gasteiger charge is 2.60. The van der Waals surface area contributed by atoms with Crippen molar-refractivity contribution in [1.82, 2.24) is 9.03 Å². The maximum Gasteiger partial charge on any atom is 0.402 e. The van der Waals surface area contributed by atoms with Gasteiger partial charge in [0.05, 0.1) is 18.8 Å². The van der Waals surface area contributed by atoms with Gasteiger partial charge in [0.2, 0.25) is 0 Å². The Kier molecular flexibility index (Phi) is 6.58. The molecule has 1 saturated carbocycles. The third-order valence-corrected chi connectivity index (χ3v) is 8.35. The van der Waals surface area contributed by atoms with E-state index >= 15 is 0 Å². The predicted molar refractivity (Wildman–Crippen MR) is 114 cm³/mol. The van der Waals surface area contributed by atoms with Crippen LogP contribution in [0.15, 0.2) is 18.2 Å². The van der Waals surface area contributed by atoms with E-state index in [0.717, 1.165) is 29.5 Å². The van der Waals surface area contributed by atoms with Gasteiger partial charge in [-0.05, 0) is 60.8 Å². The fourth-order valence-electron chi connectivity index (χ4n) is 5.40. The molecule has 10 heteroatoms. The summed E-state index contributed by atoms with van der Waals surface area (Å²) in [6.07, 6.45) is -1.10. The number of rotatable bonds is 5.